The smallest absolute Gasteiger partial charge is 0.338 e. The number of fused-ring (bicyclic) bond motifs is 1. The molecule has 0 aliphatic carbocycles. The summed E-state index contributed by atoms with van der Waals surface area (Å²) in [5.41, 5.74) is 1.83. The average Bonchev–Trinajstić information content (AvgIpc) is 3.51. The fraction of sp³-hybridized carbons (Fsp3) is 0.100. The maximum absolute atomic E-state index is 14.0. The first kappa shape index (κ1) is 28.4. The number of benzene rings is 2. The molecule has 210 valence electrons. The van der Waals surface area contributed by atoms with Crippen LogP contribution in [0.5, 0.6) is 0 Å². The van der Waals surface area contributed by atoms with E-state index in [2.05, 4.69) is 25.9 Å². The molecule has 0 fully saturated rings. The molecule has 0 saturated carbocycles. The van der Waals surface area contributed by atoms with Crippen LogP contribution in [0, 0.1) is 0 Å². The van der Waals surface area contributed by atoms with Crippen molar-refractivity contribution in [1.29, 1.82) is 0 Å². The van der Waals surface area contributed by atoms with E-state index in [9.17, 15) is 9.59 Å². The molecule has 0 radical (unpaired) electrons. The van der Waals surface area contributed by atoms with Crippen molar-refractivity contribution in [2.24, 2.45) is 4.99 Å². The third-order valence-corrected chi connectivity index (χ3v) is 9.20. The van der Waals surface area contributed by atoms with E-state index < -0.39 is 12.0 Å². The van der Waals surface area contributed by atoms with Gasteiger partial charge in [-0.05, 0) is 64.4 Å². The molecule has 1 atom stereocenters. The fourth-order valence-electron chi connectivity index (χ4n) is 4.46. The van der Waals surface area contributed by atoms with Gasteiger partial charge in [0.15, 0.2) is 15.1 Å². The van der Waals surface area contributed by atoms with Crippen LogP contribution in [-0.2, 0) is 9.53 Å². The van der Waals surface area contributed by atoms with E-state index in [4.69, 9.17) is 25.7 Å². The first-order valence-electron chi connectivity index (χ1n) is 12.7. The second-order valence-corrected chi connectivity index (χ2v) is 12.1. The average molecular weight is 680 g/mol. The number of furan rings is 1. The minimum Gasteiger partial charge on any atom is -0.463 e. The van der Waals surface area contributed by atoms with E-state index in [0.29, 0.717) is 46.1 Å². The molecule has 5 aromatic rings. The Kier molecular flexibility index (Phi) is 8.25. The number of halogens is 2. The van der Waals surface area contributed by atoms with E-state index in [1.54, 1.807) is 61.8 Å². The van der Waals surface area contributed by atoms with Gasteiger partial charge in [0.05, 0.1) is 32.9 Å². The molecule has 2 aromatic carbocycles. The number of esters is 1. The van der Waals surface area contributed by atoms with Gasteiger partial charge in [-0.3, -0.25) is 9.36 Å². The highest BCUT2D eigenvalue weighted by Crippen LogP contribution is 2.36. The van der Waals surface area contributed by atoms with Crippen molar-refractivity contribution in [3.63, 3.8) is 0 Å². The molecule has 42 heavy (non-hydrogen) atoms. The van der Waals surface area contributed by atoms with Crippen LogP contribution in [-0.4, -0.2) is 27.1 Å². The molecule has 6 rings (SSSR count). The van der Waals surface area contributed by atoms with Gasteiger partial charge in [0.25, 0.3) is 5.56 Å². The van der Waals surface area contributed by atoms with Gasteiger partial charge in [-0.1, -0.05) is 65.4 Å². The summed E-state index contributed by atoms with van der Waals surface area (Å²) in [6.45, 7) is 1.91. The Bertz CT molecular complexity index is 1990. The molecular weight excluding hydrogens is 660 g/mol. The highest BCUT2D eigenvalue weighted by molar-refractivity contribution is 9.10. The summed E-state index contributed by atoms with van der Waals surface area (Å²) in [4.78, 5) is 41.3. The van der Waals surface area contributed by atoms with Gasteiger partial charge < -0.3 is 9.15 Å². The molecular formula is C30H20BrClN4O4S2. The lowest BCUT2D eigenvalue weighted by atomic mass is 9.93. The van der Waals surface area contributed by atoms with Gasteiger partial charge in [-0.25, -0.2) is 19.8 Å². The van der Waals surface area contributed by atoms with E-state index in [1.807, 2.05) is 30.3 Å². The minimum absolute atomic E-state index is 0.171. The second-order valence-electron chi connectivity index (χ2n) is 8.90. The van der Waals surface area contributed by atoms with Crippen LogP contribution in [0.3, 0.4) is 0 Å². The third-order valence-electron chi connectivity index (χ3n) is 6.23. The van der Waals surface area contributed by atoms with Crippen LogP contribution in [0.15, 0.2) is 114 Å². The van der Waals surface area contributed by atoms with Crippen molar-refractivity contribution in [2.75, 3.05) is 6.61 Å². The highest BCUT2D eigenvalue weighted by atomic mass is 79.9. The minimum atomic E-state index is -0.792. The molecule has 0 unspecified atom stereocenters. The molecule has 0 bridgehead atoms. The topological polar surface area (TPSA) is 99.6 Å². The second kappa shape index (κ2) is 12.2. The molecule has 0 saturated heterocycles. The number of ether oxygens (including phenoxy) is 1. The third kappa shape index (κ3) is 5.65. The van der Waals surface area contributed by atoms with Crippen LogP contribution in [0.1, 0.15) is 29.9 Å². The lowest BCUT2D eigenvalue weighted by Crippen LogP contribution is -2.40. The van der Waals surface area contributed by atoms with E-state index >= 15 is 0 Å². The van der Waals surface area contributed by atoms with Gasteiger partial charge in [-0.15, -0.1) is 0 Å². The SMILES string of the molecule is CCOC(=O)C1=C(c2ccccc2)N=c2s/c(=C/c3cc(Br)c(Sc4ncccn4)o3)c(=O)n2[C@@H]1c1ccc(Cl)cc1. The lowest BCUT2D eigenvalue weighted by Gasteiger charge is -2.25. The van der Waals surface area contributed by atoms with Crippen LogP contribution < -0.4 is 14.9 Å². The van der Waals surface area contributed by atoms with Crippen molar-refractivity contribution in [1.82, 2.24) is 14.5 Å². The van der Waals surface area contributed by atoms with Gasteiger partial charge >= 0.3 is 5.97 Å². The van der Waals surface area contributed by atoms with Gasteiger partial charge in [0.2, 0.25) is 0 Å². The first-order chi connectivity index (χ1) is 20.4. The number of hydrogen-bond acceptors (Lipinski definition) is 9. The molecule has 1 aliphatic heterocycles. The van der Waals surface area contributed by atoms with Gasteiger partial charge in [-0.2, -0.15) is 0 Å². The van der Waals surface area contributed by atoms with Crippen molar-refractivity contribution < 1.29 is 13.9 Å². The Balaban J connectivity index is 1.54. The van der Waals surface area contributed by atoms with Crippen molar-refractivity contribution >= 4 is 68.4 Å². The Morgan fingerprint density at radius 3 is 2.60 bits per heavy atom. The predicted octanol–water partition coefficient (Wildman–Crippen LogP) is 5.89. The number of nitrogens with zero attached hydrogens (tertiary/aromatic N) is 4. The molecule has 0 spiro atoms. The number of aromatic nitrogens is 3. The van der Waals surface area contributed by atoms with E-state index in [0.717, 1.165) is 5.56 Å². The number of thiazole rings is 1. The number of carbonyl (C=O) groups excluding carboxylic acids is 1. The van der Waals surface area contributed by atoms with Crippen LogP contribution in [0.4, 0.5) is 0 Å². The fourth-order valence-corrected chi connectivity index (χ4v) is 6.80. The molecule has 8 nitrogen and oxygen atoms in total. The Morgan fingerprint density at radius 1 is 1.14 bits per heavy atom. The summed E-state index contributed by atoms with van der Waals surface area (Å²) in [7, 11) is 0. The number of hydrogen-bond donors (Lipinski definition) is 0. The Hall–Kier alpha value is -3.77. The largest absolute Gasteiger partial charge is 0.463 e. The predicted molar refractivity (Wildman–Crippen MR) is 165 cm³/mol. The van der Waals surface area contributed by atoms with Crippen molar-refractivity contribution in [3.8, 4) is 0 Å². The quantitative estimate of drug-likeness (QED) is 0.156. The highest BCUT2D eigenvalue weighted by Gasteiger charge is 2.35. The van der Waals surface area contributed by atoms with Crippen molar-refractivity contribution in [3.05, 3.63) is 131 Å². The van der Waals surface area contributed by atoms with E-state index in [-0.39, 0.29) is 17.7 Å². The molecule has 1 aliphatic rings. The lowest BCUT2D eigenvalue weighted by molar-refractivity contribution is -0.138. The summed E-state index contributed by atoms with van der Waals surface area (Å²) in [6.07, 6.45) is 4.97. The van der Waals surface area contributed by atoms with Gasteiger partial charge in [0, 0.05) is 29.1 Å². The maximum Gasteiger partial charge on any atom is 0.338 e. The van der Waals surface area contributed by atoms with E-state index in [1.165, 1.54) is 27.7 Å². The molecule has 0 N–H and O–H groups in total. The number of rotatable bonds is 7. The number of carbonyl (C=O) groups is 1. The van der Waals surface area contributed by atoms with Crippen LogP contribution in [0.25, 0.3) is 11.8 Å². The first-order valence-corrected chi connectivity index (χ1v) is 15.5. The van der Waals surface area contributed by atoms with Crippen LogP contribution in [0.2, 0.25) is 5.02 Å². The summed E-state index contributed by atoms with van der Waals surface area (Å²) in [5, 5.41) is 1.62. The summed E-state index contributed by atoms with van der Waals surface area (Å²) in [5.74, 6) is -0.0874. The standard InChI is InChI=1S/C30H20BrClN4O4S2/c1-2-39-27(38)23-24(17-7-4-3-5-8-17)35-30-36(25(23)18-9-11-19(32)12-10-18)26(37)22(41-30)16-20-15-21(31)28(40-20)42-29-33-13-6-14-34-29/h3-16,25H,2H2,1H3/b22-16+/t25-/m1/s1. The maximum atomic E-state index is 14.0. The zero-order valence-electron chi connectivity index (χ0n) is 21.9. The molecule has 12 heteroatoms. The summed E-state index contributed by atoms with van der Waals surface area (Å²) >= 11 is 12.2. The molecule has 0 amide bonds. The normalized spacial score (nSPS) is 14.9. The van der Waals surface area contributed by atoms with Crippen molar-refractivity contribution in [2.45, 2.75) is 23.2 Å². The van der Waals surface area contributed by atoms with Gasteiger partial charge in [0.1, 0.15) is 5.76 Å². The summed E-state index contributed by atoms with van der Waals surface area (Å²) < 4.78 is 14.1. The molecule has 4 heterocycles. The van der Waals surface area contributed by atoms with Crippen LogP contribution >= 0.6 is 50.6 Å². The zero-order valence-corrected chi connectivity index (χ0v) is 25.8. The summed E-state index contributed by atoms with van der Waals surface area (Å²) in [6, 6.07) is 19.2. The zero-order chi connectivity index (χ0) is 29.2. The Labute approximate surface area is 261 Å². The Morgan fingerprint density at radius 2 is 1.88 bits per heavy atom. The monoisotopic (exact) mass is 678 g/mol. The molecule has 3 aromatic heterocycles.